The Morgan fingerprint density at radius 2 is 2.21 bits per heavy atom. The molecule has 1 heterocycles. The number of ether oxygens (including phenoxy) is 1. The topological polar surface area (TPSA) is 106 Å². The lowest BCUT2D eigenvalue weighted by molar-refractivity contribution is -0.136. The molecule has 0 atom stereocenters. The van der Waals surface area contributed by atoms with E-state index in [-0.39, 0.29) is 17.7 Å². The van der Waals surface area contributed by atoms with E-state index in [4.69, 9.17) is 9.84 Å². The van der Waals surface area contributed by atoms with Crippen molar-refractivity contribution in [3.63, 3.8) is 0 Å². The van der Waals surface area contributed by atoms with Crippen molar-refractivity contribution in [3.8, 4) is 5.88 Å². The van der Waals surface area contributed by atoms with Gasteiger partial charge in [0.25, 0.3) is 0 Å². The summed E-state index contributed by atoms with van der Waals surface area (Å²) in [5.41, 5.74) is 0.196. The molecule has 0 aliphatic heterocycles. The molecular formula is C11H16N2O5S. The fourth-order valence-corrected chi connectivity index (χ4v) is 2.26. The quantitative estimate of drug-likeness (QED) is 0.778. The second-order valence-corrected chi connectivity index (χ2v) is 5.93. The Balaban J connectivity index is 2.83. The largest absolute Gasteiger partial charge is 0.481 e. The first kappa shape index (κ1) is 15.2. The number of pyridine rings is 1. The van der Waals surface area contributed by atoms with Crippen LogP contribution < -0.4 is 9.46 Å². The summed E-state index contributed by atoms with van der Waals surface area (Å²) in [5, 5.41) is 8.49. The number of aromatic nitrogens is 1. The van der Waals surface area contributed by atoms with Crippen molar-refractivity contribution in [1.82, 2.24) is 4.98 Å². The van der Waals surface area contributed by atoms with Crippen molar-refractivity contribution in [2.75, 3.05) is 10.5 Å². The fraction of sp³-hybridized carbons (Fsp3) is 0.455. The van der Waals surface area contributed by atoms with Gasteiger partial charge in [-0.1, -0.05) is 0 Å². The minimum absolute atomic E-state index is 0.155. The molecule has 0 radical (unpaired) electrons. The lowest BCUT2D eigenvalue weighted by atomic mass is 10.4. The van der Waals surface area contributed by atoms with Crippen LogP contribution in [0.15, 0.2) is 18.3 Å². The van der Waals surface area contributed by atoms with Crippen LogP contribution in [0.5, 0.6) is 5.88 Å². The van der Waals surface area contributed by atoms with E-state index in [1.165, 1.54) is 12.3 Å². The SMILES string of the molecule is CC(C)Oc1ncccc1NS(=O)(=O)CCC(=O)O. The molecule has 0 aliphatic carbocycles. The molecule has 1 rings (SSSR count). The number of carboxylic acids is 1. The Morgan fingerprint density at radius 1 is 1.53 bits per heavy atom. The van der Waals surface area contributed by atoms with Gasteiger partial charge < -0.3 is 9.84 Å². The molecule has 0 amide bonds. The van der Waals surface area contributed by atoms with Gasteiger partial charge in [-0.3, -0.25) is 9.52 Å². The van der Waals surface area contributed by atoms with Crippen molar-refractivity contribution in [3.05, 3.63) is 18.3 Å². The number of rotatable bonds is 7. The van der Waals surface area contributed by atoms with E-state index in [2.05, 4.69) is 9.71 Å². The molecule has 0 aromatic carbocycles. The van der Waals surface area contributed by atoms with Gasteiger partial charge in [0.15, 0.2) is 0 Å². The Hall–Kier alpha value is -1.83. The molecule has 0 aliphatic rings. The smallest absolute Gasteiger partial charge is 0.304 e. The number of nitrogens with one attached hydrogen (secondary N) is 1. The highest BCUT2D eigenvalue weighted by Crippen LogP contribution is 2.23. The zero-order valence-corrected chi connectivity index (χ0v) is 11.5. The van der Waals surface area contributed by atoms with E-state index in [0.29, 0.717) is 0 Å². The van der Waals surface area contributed by atoms with Gasteiger partial charge in [0.2, 0.25) is 15.9 Å². The van der Waals surface area contributed by atoms with Gasteiger partial charge in [-0.05, 0) is 26.0 Å². The first-order valence-corrected chi connectivity index (χ1v) is 7.29. The molecule has 0 fully saturated rings. The van der Waals surface area contributed by atoms with Crippen molar-refractivity contribution in [1.29, 1.82) is 0 Å². The van der Waals surface area contributed by atoms with Gasteiger partial charge in [-0.25, -0.2) is 13.4 Å². The Kier molecular flexibility index (Phi) is 5.11. The second kappa shape index (κ2) is 6.37. The standard InChI is InChI=1S/C11H16N2O5S/c1-8(2)18-11-9(4-3-6-12-11)13-19(16,17)7-5-10(14)15/h3-4,6,8,13H,5,7H2,1-2H3,(H,14,15). The molecule has 0 bridgehead atoms. The molecule has 7 nitrogen and oxygen atoms in total. The van der Waals surface area contributed by atoms with Crippen LogP contribution in [0.1, 0.15) is 20.3 Å². The summed E-state index contributed by atoms with van der Waals surface area (Å²) in [6.45, 7) is 3.58. The molecule has 8 heteroatoms. The van der Waals surface area contributed by atoms with E-state index >= 15 is 0 Å². The van der Waals surface area contributed by atoms with Crippen molar-refractivity contribution < 1.29 is 23.1 Å². The highest BCUT2D eigenvalue weighted by Gasteiger charge is 2.16. The molecular weight excluding hydrogens is 272 g/mol. The number of carbonyl (C=O) groups is 1. The maximum Gasteiger partial charge on any atom is 0.304 e. The third-order valence-corrected chi connectivity index (χ3v) is 3.24. The van der Waals surface area contributed by atoms with Gasteiger partial charge in [-0.2, -0.15) is 0 Å². The van der Waals surface area contributed by atoms with E-state index in [0.717, 1.165) is 0 Å². The Bertz CT molecular complexity index is 542. The van der Waals surface area contributed by atoms with Gasteiger partial charge in [0.1, 0.15) is 5.69 Å². The van der Waals surface area contributed by atoms with Crippen LogP contribution in [0.3, 0.4) is 0 Å². The number of aliphatic carboxylic acids is 1. The van der Waals surface area contributed by atoms with Crippen LogP contribution >= 0.6 is 0 Å². The summed E-state index contributed by atoms with van der Waals surface area (Å²) in [6.07, 6.45) is 0.861. The zero-order valence-electron chi connectivity index (χ0n) is 10.7. The molecule has 1 aromatic rings. The normalized spacial score (nSPS) is 11.3. The minimum Gasteiger partial charge on any atom is -0.481 e. The molecule has 19 heavy (non-hydrogen) atoms. The number of hydrogen-bond donors (Lipinski definition) is 2. The van der Waals surface area contributed by atoms with Gasteiger partial charge >= 0.3 is 5.97 Å². The fourth-order valence-electron chi connectivity index (χ4n) is 1.23. The number of sulfonamides is 1. The predicted octanol–water partition coefficient (Wildman–Crippen LogP) is 1.09. The molecule has 2 N–H and O–H groups in total. The van der Waals surface area contributed by atoms with Crippen LogP contribution in [0, 0.1) is 0 Å². The van der Waals surface area contributed by atoms with Crippen molar-refractivity contribution >= 4 is 21.7 Å². The summed E-state index contributed by atoms with van der Waals surface area (Å²) in [7, 11) is -3.74. The van der Waals surface area contributed by atoms with Crippen LogP contribution in [0.2, 0.25) is 0 Å². The van der Waals surface area contributed by atoms with E-state index in [9.17, 15) is 13.2 Å². The Labute approximate surface area is 111 Å². The summed E-state index contributed by atoms with van der Waals surface area (Å²) in [4.78, 5) is 14.3. The van der Waals surface area contributed by atoms with E-state index in [1.807, 2.05) is 0 Å². The van der Waals surface area contributed by atoms with Crippen molar-refractivity contribution in [2.45, 2.75) is 26.4 Å². The van der Waals surface area contributed by atoms with Crippen LogP contribution in [-0.4, -0.2) is 36.3 Å². The molecule has 0 saturated heterocycles. The maximum absolute atomic E-state index is 11.7. The monoisotopic (exact) mass is 288 g/mol. The summed E-state index contributed by atoms with van der Waals surface area (Å²) >= 11 is 0. The average molecular weight is 288 g/mol. The van der Waals surface area contributed by atoms with Gasteiger partial charge in [0.05, 0.1) is 18.3 Å². The number of carboxylic acid groups (broad SMARTS) is 1. The predicted molar refractivity (Wildman–Crippen MR) is 69.7 cm³/mol. The highest BCUT2D eigenvalue weighted by atomic mass is 32.2. The summed E-state index contributed by atoms with van der Waals surface area (Å²) in [6, 6.07) is 3.06. The number of anilines is 1. The number of hydrogen-bond acceptors (Lipinski definition) is 5. The van der Waals surface area contributed by atoms with E-state index in [1.54, 1.807) is 19.9 Å². The molecule has 0 saturated carbocycles. The molecule has 106 valence electrons. The second-order valence-electron chi connectivity index (χ2n) is 4.09. The van der Waals surface area contributed by atoms with Gasteiger partial charge in [-0.15, -0.1) is 0 Å². The third-order valence-electron chi connectivity index (χ3n) is 1.97. The van der Waals surface area contributed by atoms with E-state index < -0.39 is 28.2 Å². The third kappa shape index (κ3) is 5.56. The average Bonchev–Trinajstić information content (AvgIpc) is 2.28. The first-order valence-electron chi connectivity index (χ1n) is 5.64. The molecule has 0 spiro atoms. The van der Waals surface area contributed by atoms with Gasteiger partial charge in [0, 0.05) is 6.20 Å². The van der Waals surface area contributed by atoms with Crippen LogP contribution in [0.25, 0.3) is 0 Å². The molecule has 0 unspecified atom stereocenters. The lowest BCUT2D eigenvalue weighted by Gasteiger charge is -2.14. The summed E-state index contributed by atoms with van der Waals surface area (Å²) in [5.74, 6) is -1.51. The van der Waals surface area contributed by atoms with Crippen LogP contribution in [-0.2, 0) is 14.8 Å². The van der Waals surface area contributed by atoms with Crippen molar-refractivity contribution in [2.24, 2.45) is 0 Å². The summed E-state index contributed by atoms with van der Waals surface area (Å²) < 4.78 is 31.0. The lowest BCUT2D eigenvalue weighted by Crippen LogP contribution is -2.20. The van der Waals surface area contributed by atoms with Crippen LogP contribution in [0.4, 0.5) is 5.69 Å². The maximum atomic E-state index is 11.7. The molecule has 1 aromatic heterocycles. The first-order chi connectivity index (χ1) is 8.80. The minimum atomic E-state index is -3.74. The Morgan fingerprint density at radius 3 is 2.79 bits per heavy atom. The zero-order chi connectivity index (χ0) is 14.5. The highest BCUT2D eigenvalue weighted by molar-refractivity contribution is 7.92. The number of nitrogens with zero attached hydrogens (tertiary/aromatic N) is 1.